The van der Waals surface area contributed by atoms with Gasteiger partial charge in [-0.25, -0.2) is 0 Å². The zero-order valence-electron chi connectivity index (χ0n) is 9.31. The number of pyridine rings is 1. The first-order valence-electron chi connectivity index (χ1n) is 5.45. The summed E-state index contributed by atoms with van der Waals surface area (Å²) in [6.45, 7) is 1.38. The van der Waals surface area contributed by atoms with E-state index >= 15 is 0 Å². The average Bonchev–Trinajstić information content (AvgIpc) is 2.74. The Hall–Kier alpha value is -1.66. The van der Waals surface area contributed by atoms with E-state index in [9.17, 15) is 15.0 Å². The van der Waals surface area contributed by atoms with Crippen LogP contribution in [-0.4, -0.2) is 46.3 Å². The first-order valence-corrected chi connectivity index (χ1v) is 5.45. The van der Waals surface area contributed by atoms with Gasteiger partial charge < -0.3 is 20.8 Å². The Morgan fingerprint density at radius 3 is 3.12 bits per heavy atom. The average molecular weight is 237 g/mol. The van der Waals surface area contributed by atoms with Crippen molar-refractivity contribution >= 4 is 5.91 Å². The Labute approximate surface area is 98.7 Å². The maximum Gasteiger partial charge on any atom is 0.255 e. The number of hydrogen-bond acceptors (Lipinski definition) is 5. The summed E-state index contributed by atoms with van der Waals surface area (Å²) in [5.74, 6) is -0.577. The van der Waals surface area contributed by atoms with Crippen LogP contribution in [0.25, 0.3) is 0 Å². The lowest BCUT2D eigenvalue weighted by Crippen LogP contribution is -2.44. The van der Waals surface area contributed by atoms with Crippen molar-refractivity contribution in [2.24, 2.45) is 0 Å². The number of aromatic hydroxyl groups is 1. The van der Waals surface area contributed by atoms with Gasteiger partial charge in [0.2, 0.25) is 0 Å². The number of aliphatic hydroxyl groups is 1. The maximum atomic E-state index is 11.7. The van der Waals surface area contributed by atoms with E-state index in [-0.39, 0.29) is 17.9 Å². The topological polar surface area (TPSA) is 94.5 Å². The van der Waals surface area contributed by atoms with Crippen molar-refractivity contribution in [3.8, 4) is 5.75 Å². The Morgan fingerprint density at radius 1 is 1.65 bits per heavy atom. The monoisotopic (exact) mass is 237 g/mol. The van der Waals surface area contributed by atoms with E-state index < -0.39 is 11.5 Å². The molecule has 1 fully saturated rings. The Morgan fingerprint density at radius 2 is 2.47 bits per heavy atom. The molecule has 0 aliphatic carbocycles. The van der Waals surface area contributed by atoms with Crippen LogP contribution in [0.1, 0.15) is 16.8 Å². The van der Waals surface area contributed by atoms with Gasteiger partial charge in [-0.15, -0.1) is 0 Å². The second kappa shape index (κ2) is 4.68. The van der Waals surface area contributed by atoms with Gasteiger partial charge in [-0.1, -0.05) is 0 Å². The fourth-order valence-corrected chi connectivity index (χ4v) is 1.80. The van der Waals surface area contributed by atoms with Crippen molar-refractivity contribution in [3.63, 3.8) is 0 Å². The number of carbonyl (C=O) groups excluding carboxylic acids is 1. The third-order valence-electron chi connectivity index (χ3n) is 2.84. The standard InChI is InChI=1S/C11H15N3O3/c15-9-5-12-3-1-8(9)10(16)14-7-11(17)2-4-13-6-11/h1,3,5,13,15,17H,2,4,6-7H2,(H,14,16). The number of nitrogens with zero attached hydrogens (tertiary/aromatic N) is 1. The SMILES string of the molecule is O=C(NCC1(O)CCNC1)c1ccncc1O. The number of aromatic nitrogens is 1. The van der Waals surface area contributed by atoms with Crippen LogP contribution in [0.4, 0.5) is 0 Å². The number of rotatable bonds is 3. The van der Waals surface area contributed by atoms with Gasteiger partial charge in [-0.3, -0.25) is 9.78 Å². The van der Waals surface area contributed by atoms with Crippen molar-refractivity contribution in [2.45, 2.75) is 12.0 Å². The highest BCUT2D eigenvalue weighted by atomic mass is 16.3. The lowest BCUT2D eigenvalue weighted by Gasteiger charge is -2.21. The molecule has 92 valence electrons. The minimum absolute atomic E-state index is 0.162. The van der Waals surface area contributed by atoms with Gasteiger partial charge in [-0.2, -0.15) is 0 Å². The predicted molar refractivity (Wildman–Crippen MR) is 60.7 cm³/mol. The number of carbonyl (C=O) groups is 1. The lowest BCUT2D eigenvalue weighted by atomic mass is 10.0. The van der Waals surface area contributed by atoms with E-state index in [0.717, 1.165) is 6.54 Å². The molecule has 0 spiro atoms. The van der Waals surface area contributed by atoms with E-state index in [0.29, 0.717) is 13.0 Å². The molecule has 17 heavy (non-hydrogen) atoms. The van der Waals surface area contributed by atoms with Gasteiger partial charge >= 0.3 is 0 Å². The summed E-state index contributed by atoms with van der Waals surface area (Å²) in [6.07, 6.45) is 3.25. The van der Waals surface area contributed by atoms with Crippen LogP contribution in [0.2, 0.25) is 0 Å². The molecule has 4 N–H and O–H groups in total. The van der Waals surface area contributed by atoms with Crippen molar-refractivity contribution in [3.05, 3.63) is 24.0 Å². The highest BCUT2D eigenvalue weighted by Crippen LogP contribution is 2.15. The van der Waals surface area contributed by atoms with E-state index in [4.69, 9.17) is 0 Å². The highest BCUT2D eigenvalue weighted by Gasteiger charge is 2.31. The van der Waals surface area contributed by atoms with E-state index in [1.54, 1.807) is 0 Å². The molecule has 0 bridgehead atoms. The number of amides is 1. The molecule has 6 nitrogen and oxygen atoms in total. The molecule has 0 radical (unpaired) electrons. The Bertz CT molecular complexity index is 416. The first-order chi connectivity index (χ1) is 8.11. The number of hydrogen-bond donors (Lipinski definition) is 4. The Balaban J connectivity index is 1.96. The van der Waals surface area contributed by atoms with Crippen molar-refractivity contribution < 1.29 is 15.0 Å². The largest absolute Gasteiger partial charge is 0.505 e. The van der Waals surface area contributed by atoms with Gasteiger partial charge in [0.05, 0.1) is 17.4 Å². The summed E-state index contributed by atoms with van der Waals surface area (Å²) in [7, 11) is 0. The minimum atomic E-state index is -0.891. The van der Waals surface area contributed by atoms with Crippen LogP contribution in [-0.2, 0) is 0 Å². The minimum Gasteiger partial charge on any atom is -0.505 e. The molecule has 1 saturated heterocycles. The molecular formula is C11H15N3O3. The van der Waals surface area contributed by atoms with Crippen LogP contribution >= 0.6 is 0 Å². The normalized spacial score (nSPS) is 23.6. The number of nitrogens with one attached hydrogen (secondary N) is 2. The van der Waals surface area contributed by atoms with Crippen LogP contribution in [0.5, 0.6) is 5.75 Å². The molecule has 2 rings (SSSR count). The summed E-state index contributed by atoms with van der Waals surface area (Å²) in [4.78, 5) is 15.4. The molecule has 2 heterocycles. The summed E-state index contributed by atoms with van der Waals surface area (Å²) in [5.41, 5.74) is -0.729. The molecular weight excluding hydrogens is 222 g/mol. The summed E-state index contributed by atoms with van der Waals surface area (Å²) >= 11 is 0. The molecule has 1 unspecified atom stereocenters. The van der Waals surface area contributed by atoms with Crippen LogP contribution in [0.3, 0.4) is 0 Å². The van der Waals surface area contributed by atoms with Crippen molar-refractivity contribution in [1.82, 2.24) is 15.6 Å². The highest BCUT2D eigenvalue weighted by molar-refractivity contribution is 5.96. The first kappa shape index (κ1) is 11.8. The summed E-state index contributed by atoms with van der Waals surface area (Å²) in [5, 5.41) is 25.1. The van der Waals surface area contributed by atoms with E-state index in [1.807, 2.05) is 0 Å². The second-order valence-corrected chi connectivity index (χ2v) is 4.23. The van der Waals surface area contributed by atoms with Crippen molar-refractivity contribution in [2.75, 3.05) is 19.6 Å². The third kappa shape index (κ3) is 2.72. The molecule has 1 atom stereocenters. The van der Waals surface area contributed by atoms with Gasteiger partial charge in [0, 0.05) is 19.3 Å². The zero-order chi connectivity index (χ0) is 12.3. The maximum absolute atomic E-state index is 11.7. The van der Waals surface area contributed by atoms with E-state index in [2.05, 4.69) is 15.6 Å². The van der Waals surface area contributed by atoms with E-state index in [1.165, 1.54) is 18.5 Å². The number of β-amino-alcohol motifs (C(OH)–C–C–N with tert-alkyl or cyclic N) is 1. The lowest BCUT2D eigenvalue weighted by molar-refractivity contribution is 0.0561. The van der Waals surface area contributed by atoms with Crippen LogP contribution in [0, 0.1) is 0 Å². The fraction of sp³-hybridized carbons (Fsp3) is 0.455. The smallest absolute Gasteiger partial charge is 0.255 e. The Kier molecular flexibility index (Phi) is 3.26. The van der Waals surface area contributed by atoms with Gasteiger partial charge in [0.25, 0.3) is 5.91 Å². The third-order valence-corrected chi connectivity index (χ3v) is 2.84. The molecule has 1 amide bonds. The molecule has 1 aromatic heterocycles. The molecule has 1 aliphatic heterocycles. The van der Waals surface area contributed by atoms with Gasteiger partial charge in [0.15, 0.2) is 0 Å². The second-order valence-electron chi connectivity index (χ2n) is 4.23. The fourth-order valence-electron chi connectivity index (χ4n) is 1.80. The molecule has 6 heteroatoms. The van der Waals surface area contributed by atoms with Crippen LogP contribution < -0.4 is 10.6 Å². The van der Waals surface area contributed by atoms with Crippen molar-refractivity contribution in [1.29, 1.82) is 0 Å². The quantitative estimate of drug-likeness (QED) is 0.554. The van der Waals surface area contributed by atoms with Crippen LogP contribution in [0.15, 0.2) is 18.5 Å². The molecule has 0 aromatic carbocycles. The predicted octanol–water partition coefficient (Wildman–Crippen LogP) is -0.759. The summed E-state index contributed by atoms with van der Waals surface area (Å²) in [6, 6.07) is 1.43. The molecule has 1 aliphatic rings. The van der Waals surface area contributed by atoms with Gasteiger partial charge in [-0.05, 0) is 19.0 Å². The summed E-state index contributed by atoms with van der Waals surface area (Å²) < 4.78 is 0. The zero-order valence-corrected chi connectivity index (χ0v) is 9.31. The molecule has 0 saturated carbocycles. The molecule has 1 aromatic rings. The van der Waals surface area contributed by atoms with Gasteiger partial charge in [0.1, 0.15) is 5.75 Å².